The number of pyridine rings is 1. The Morgan fingerprint density at radius 1 is 0.838 bits per heavy atom. The minimum atomic E-state index is -0.103. The Morgan fingerprint density at radius 2 is 1.49 bits per heavy atom. The molecule has 0 unspecified atom stereocenters. The highest BCUT2D eigenvalue weighted by Gasteiger charge is 2.28. The molecule has 0 saturated carbocycles. The number of carbonyl (C=O) groups excluding carboxylic acids is 2. The number of aryl methyl sites for hydroxylation is 2. The van der Waals surface area contributed by atoms with E-state index in [1.165, 1.54) is 0 Å². The van der Waals surface area contributed by atoms with Crippen LogP contribution in [0.5, 0.6) is 11.5 Å². The lowest BCUT2D eigenvalue weighted by molar-refractivity contribution is 0.0536. The summed E-state index contributed by atoms with van der Waals surface area (Å²) in [6.07, 6.45) is 0. The van der Waals surface area contributed by atoms with Crippen LogP contribution in [0, 0.1) is 6.92 Å². The normalized spacial score (nSPS) is 13.6. The second kappa shape index (κ2) is 9.93. The van der Waals surface area contributed by atoms with Gasteiger partial charge in [0.2, 0.25) is 0 Å². The van der Waals surface area contributed by atoms with Crippen molar-refractivity contribution >= 4 is 22.8 Å². The molecule has 1 aliphatic rings. The lowest BCUT2D eigenvalue weighted by Crippen LogP contribution is -2.50. The van der Waals surface area contributed by atoms with Crippen molar-refractivity contribution < 1.29 is 19.1 Å². The van der Waals surface area contributed by atoms with E-state index in [0.717, 1.165) is 22.3 Å². The Kier molecular flexibility index (Phi) is 6.52. The van der Waals surface area contributed by atoms with Gasteiger partial charge in [-0.05, 0) is 31.2 Å². The maximum Gasteiger partial charge on any atom is 0.254 e. The molecule has 2 aromatic carbocycles. The minimum absolute atomic E-state index is 0.0844. The van der Waals surface area contributed by atoms with Crippen molar-refractivity contribution in [1.82, 2.24) is 24.6 Å². The molecule has 0 bridgehead atoms. The molecule has 0 spiro atoms. The summed E-state index contributed by atoms with van der Waals surface area (Å²) in [4.78, 5) is 35.3. The summed E-state index contributed by atoms with van der Waals surface area (Å²) in [5, 5.41) is 5.28. The van der Waals surface area contributed by atoms with Crippen LogP contribution in [0.25, 0.3) is 22.3 Å². The van der Waals surface area contributed by atoms with Crippen molar-refractivity contribution in [3.05, 3.63) is 71.4 Å². The molecule has 4 aromatic rings. The molecule has 3 heterocycles. The average Bonchev–Trinajstić information content (AvgIpc) is 3.24. The summed E-state index contributed by atoms with van der Waals surface area (Å²) in [7, 11) is 4.94. The standard InChI is InChI=1S/C28H29N5O4/c1-18-25-21(17-22(19-8-6-5-7-9-19)29-26(25)31(2)30-18)28(35)33-14-12-32(13-15-33)27(34)20-10-11-23(36-3)24(16-20)37-4/h5-11,16-17H,12-15H2,1-4H3. The first-order valence-corrected chi connectivity index (χ1v) is 12.1. The van der Waals surface area contributed by atoms with E-state index in [1.807, 2.05) is 50.4 Å². The zero-order valence-corrected chi connectivity index (χ0v) is 21.4. The topological polar surface area (TPSA) is 89.8 Å². The maximum atomic E-state index is 13.8. The minimum Gasteiger partial charge on any atom is -0.493 e. The van der Waals surface area contributed by atoms with Crippen LogP contribution in [0.4, 0.5) is 0 Å². The predicted octanol–water partition coefficient (Wildman–Crippen LogP) is 3.56. The summed E-state index contributed by atoms with van der Waals surface area (Å²) in [5.41, 5.74) is 4.19. The zero-order chi connectivity index (χ0) is 26.1. The van der Waals surface area contributed by atoms with Crippen LogP contribution in [0.1, 0.15) is 26.4 Å². The van der Waals surface area contributed by atoms with Gasteiger partial charge in [-0.2, -0.15) is 5.10 Å². The van der Waals surface area contributed by atoms with Gasteiger partial charge in [0, 0.05) is 44.4 Å². The van der Waals surface area contributed by atoms with E-state index in [1.54, 1.807) is 46.9 Å². The smallest absolute Gasteiger partial charge is 0.254 e. The van der Waals surface area contributed by atoms with Gasteiger partial charge in [-0.3, -0.25) is 14.3 Å². The third-order valence-corrected chi connectivity index (χ3v) is 6.75. The van der Waals surface area contributed by atoms with E-state index in [2.05, 4.69) is 5.10 Å². The Morgan fingerprint density at radius 3 is 2.14 bits per heavy atom. The summed E-state index contributed by atoms with van der Waals surface area (Å²) in [6.45, 7) is 3.63. The van der Waals surface area contributed by atoms with E-state index >= 15 is 0 Å². The van der Waals surface area contributed by atoms with Crippen molar-refractivity contribution in [2.45, 2.75) is 6.92 Å². The lowest BCUT2D eigenvalue weighted by atomic mass is 10.0. The van der Waals surface area contributed by atoms with Gasteiger partial charge in [0.1, 0.15) is 0 Å². The van der Waals surface area contributed by atoms with Crippen molar-refractivity contribution in [3.63, 3.8) is 0 Å². The summed E-state index contributed by atoms with van der Waals surface area (Å²) in [5.74, 6) is 0.886. The van der Waals surface area contributed by atoms with Gasteiger partial charge in [-0.1, -0.05) is 30.3 Å². The van der Waals surface area contributed by atoms with E-state index in [0.29, 0.717) is 54.5 Å². The van der Waals surface area contributed by atoms with Crippen LogP contribution in [-0.2, 0) is 7.05 Å². The SMILES string of the molecule is COc1ccc(C(=O)N2CCN(C(=O)c3cc(-c4ccccc4)nc4c3c(C)nn4C)CC2)cc1OC. The second-order valence-corrected chi connectivity index (χ2v) is 8.98. The van der Waals surface area contributed by atoms with Gasteiger partial charge in [-0.15, -0.1) is 0 Å². The Labute approximate surface area is 215 Å². The number of aromatic nitrogens is 3. The third kappa shape index (κ3) is 4.48. The highest BCUT2D eigenvalue weighted by Crippen LogP contribution is 2.30. The van der Waals surface area contributed by atoms with Crippen molar-refractivity contribution in [1.29, 1.82) is 0 Å². The molecule has 190 valence electrons. The van der Waals surface area contributed by atoms with E-state index in [-0.39, 0.29) is 11.8 Å². The maximum absolute atomic E-state index is 13.8. The number of nitrogens with zero attached hydrogens (tertiary/aromatic N) is 5. The van der Waals surface area contributed by atoms with Crippen LogP contribution in [0.2, 0.25) is 0 Å². The van der Waals surface area contributed by atoms with Crippen molar-refractivity contribution in [3.8, 4) is 22.8 Å². The van der Waals surface area contributed by atoms with Crippen LogP contribution in [0.3, 0.4) is 0 Å². The Hall–Kier alpha value is -4.40. The van der Waals surface area contributed by atoms with Gasteiger partial charge < -0.3 is 19.3 Å². The molecule has 0 radical (unpaired) electrons. The molecular weight excluding hydrogens is 470 g/mol. The molecule has 1 aliphatic heterocycles. The molecule has 1 fully saturated rings. The number of fused-ring (bicyclic) bond motifs is 1. The van der Waals surface area contributed by atoms with Crippen LogP contribution in [-0.4, -0.2) is 76.8 Å². The zero-order valence-electron chi connectivity index (χ0n) is 21.4. The number of hydrogen-bond acceptors (Lipinski definition) is 6. The second-order valence-electron chi connectivity index (χ2n) is 8.98. The summed E-state index contributed by atoms with van der Waals surface area (Å²) < 4.78 is 12.3. The van der Waals surface area contributed by atoms with E-state index in [9.17, 15) is 9.59 Å². The fourth-order valence-corrected chi connectivity index (χ4v) is 4.81. The predicted molar refractivity (Wildman–Crippen MR) is 140 cm³/mol. The van der Waals surface area contributed by atoms with Gasteiger partial charge in [-0.25, -0.2) is 4.98 Å². The highest BCUT2D eigenvalue weighted by molar-refractivity contribution is 6.07. The van der Waals surface area contributed by atoms with Crippen molar-refractivity contribution in [2.75, 3.05) is 40.4 Å². The number of benzene rings is 2. The molecule has 2 aromatic heterocycles. The fourth-order valence-electron chi connectivity index (χ4n) is 4.81. The van der Waals surface area contributed by atoms with E-state index in [4.69, 9.17) is 14.5 Å². The Bertz CT molecular complexity index is 1470. The van der Waals surface area contributed by atoms with Crippen molar-refractivity contribution in [2.24, 2.45) is 7.05 Å². The first kappa shape index (κ1) is 24.3. The number of piperazine rings is 1. The first-order valence-electron chi connectivity index (χ1n) is 12.1. The van der Waals surface area contributed by atoms with Gasteiger partial charge >= 0.3 is 0 Å². The fraction of sp³-hybridized carbons (Fsp3) is 0.286. The highest BCUT2D eigenvalue weighted by atomic mass is 16.5. The number of rotatable bonds is 5. The molecule has 0 N–H and O–H groups in total. The third-order valence-electron chi connectivity index (χ3n) is 6.75. The summed E-state index contributed by atoms with van der Waals surface area (Å²) in [6, 6.07) is 16.8. The molecule has 37 heavy (non-hydrogen) atoms. The number of amides is 2. The van der Waals surface area contributed by atoms with Crippen LogP contribution in [0.15, 0.2) is 54.6 Å². The largest absolute Gasteiger partial charge is 0.493 e. The number of carbonyl (C=O) groups is 2. The first-order chi connectivity index (χ1) is 17.9. The number of hydrogen-bond donors (Lipinski definition) is 0. The Balaban J connectivity index is 1.38. The molecule has 9 nitrogen and oxygen atoms in total. The molecule has 9 heteroatoms. The molecule has 1 saturated heterocycles. The molecule has 0 atom stereocenters. The van der Waals surface area contributed by atoms with Crippen LogP contribution >= 0.6 is 0 Å². The number of methoxy groups -OCH3 is 2. The molecule has 2 amide bonds. The molecular formula is C28H29N5O4. The average molecular weight is 500 g/mol. The van der Waals surface area contributed by atoms with Gasteiger partial charge in [0.05, 0.1) is 36.6 Å². The molecule has 5 rings (SSSR count). The van der Waals surface area contributed by atoms with Gasteiger partial charge in [0.25, 0.3) is 11.8 Å². The monoisotopic (exact) mass is 499 g/mol. The molecule has 0 aliphatic carbocycles. The number of ether oxygens (including phenoxy) is 2. The van der Waals surface area contributed by atoms with E-state index < -0.39 is 0 Å². The van der Waals surface area contributed by atoms with Gasteiger partial charge in [0.15, 0.2) is 17.1 Å². The quantitative estimate of drug-likeness (QED) is 0.417. The lowest BCUT2D eigenvalue weighted by Gasteiger charge is -2.35. The van der Waals surface area contributed by atoms with Crippen LogP contribution < -0.4 is 9.47 Å². The summed E-state index contributed by atoms with van der Waals surface area (Å²) >= 11 is 0.